The van der Waals surface area contributed by atoms with E-state index >= 15 is 0 Å². The quantitative estimate of drug-likeness (QED) is 0.128. The van der Waals surface area contributed by atoms with E-state index in [0.717, 1.165) is 4.91 Å². The highest BCUT2D eigenvalue weighted by molar-refractivity contribution is 14.1. The van der Waals surface area contributed by atoms with Crippen LogP contribution in [0.25, 0.3) is 0 Å². The molecule has 1 saturated heterocycles. The van der Waals surface area contributed by atoms with E-state index < -0.39 is 14.3 Å². The van der Waals surface area contributed by atoms with Crippen molar-refractivity contribution in [3.63, 3.8) is 0 Å². The number of hydrogen-bond donors (Lipinski definition) is 0. The smallest absolute Gasteiger partial charge is 0.356 e. The third-order valence-corrected chi connectivity index (χ3v) is 12.5. The highest BCUT2D eigenvalue weighted by Crippen LogP contribution is 2.52. The number of alkyl halides is 1. The first-order valence-corrected chi connectivity index (χ1v) is 14.0. The third-order valence-electron chi connectivity index (χ3n) is 5.29. The van der Waals surface area contributed by atoms with Crippen LogP contribution in [0.3, 0.4) is 0 Å². The molecule has 0 aliphatic carbocycles. The summed E-state index contributed by atoms with van der Waals surface area (Å²) in [6.45, 7) is 16.6. The van der Waals surface area contributed by atoms with Crippen LogP contribution in [-0.4, -0.2) is 47.6 Å². The van der Waals surface area contributed by atoms with Crippen molar-refractivity contribution in [1.82, 2.24) is 4.90 Å². The van der Waals surface area contributed by atoms with Crippen molar-refractivity contribution in [2.24, 2.45) is 5.92 Å². The lowest BCUT2D eigenvalue weighted by Crippen LogP contribution is -2.62. The summed E-state index contributed by atoms with van der Waals surface area (Å²) >= 11 is 3.81. The largest absolute Gasteiger partial charge is 0.457 e. The topological polar surface area (TPSA) is 55.8 Å². The van der Waals surface area contributed by atoms with Crippen molar-refractivity contribution >= 4 is 54.5 Å². The van der Waals surface area contributed by atoms with Gasteiger partial charge in [0.05, 0.1) is 12.0 Å². The van der Waals surface area contributed by atoms with Gasteiger partial charge in [0.25, 0.3) is 0 Å². The first kappa shape index (κ1) is 22.0. The molecule has 5 nitrogen and oxygen atoms in total. The van der Waals surface area contributed by atoms with Crippen molar-refractivity contribution in [3.8, 4) is 0 Å². The van der Waals surface area contributed by atoms with Gasteiger partial charge in [-0.1, -0.05) is 56.0 Å². The molecular formula is C18H28INO4SSi. The van der Waals surface area contributed by atoms with E-state index in [1.54, 1.807) is 16.7 Å². The molecule has 2 heterocycles. The number of thioether (sulfide) groups is 1. The Labute approximate surface area is 175 Å². The number of carbonyl (C=O) groups excluding carboxylic acids is 2. The van der Waals surface area contributed by atoms with Gasteiger partial charge >= 0.3 is 5.97 Å². The lowest BCUT2D eigenvalue weighted by Gasteiger charge is -2.48. The van der Waals surface area contributed by atoms with Gasteiger partial charge in [0, 0.05) is 9.33 Å². The molecule has 0 aromatic heterocycles. The van der Waals surface area contributed by atoms with E-state index in [9.17, 15) is 9.59 Å². The highest BCUT2D eigenvalue weighted by Gasteiger charge is 2.58. The summed E-state index contributed by atoms with van der Waals surface area (Å²) in [7, 11) is -1.97. The Kier molecular flexibility index (Phi) is 6.73. The fourth-order valence-corrected chi connectivity index (χ4v) is 6.62. The van der Waals surface area contributed by atoms with Crippen molar-refractivity contribution in [2.75, 3.05) is 11.0 Å². The Balaban J connectivity index is 2.14. The number of amides is 1. The van der Waals surface area contributed by atoms with Crippen molar-refractivity contribution in [3.05, 3.63) is 23.3 Å². The molecule has 1 amide bonds. The number of β-lactam (4-membered cyclic amide) rings is 1. The molecule has 8 heteroatoms. The van der Waals surface area contributed by atoms with Gasteiger partial charge < -0.3 is 9.16 Å². The minimum absolute atomic E-state index is 0.0425. The standard InChI is InChI=1S/C18H28INO4SSi/c1-8-9-23-17(22)14-12(10-19)25-16-13(15(21)20(14)16)11(2)24-26(6,7)18(3,4)5/h8,11,13,16H,1,9-10H2,2-7H3/t11-,13+,16?/m1/s1. The number of allylic oxidation sites excluding steroid dienone is 1. The number of hydrogen-bond acceptors (Lipinski definition) is 5. The van der Waals surface area contributed by atoms with Crippen LogP contribution in [0.1, 0.15) is 27.7 Å². The van der Waals surface area contributed by atoms with E-state index in [1.165, 1.54) is 6.08 Å². The molecule has 2 rings (SSSR count). The molecule has 0 aromatic carbocycles. The third kappa shape index (κ3) is 3.93. The summed E-state index contributed by atoms with van der Waals surface area (Å²) in [5, 5.41) is 0.0141. The lowest BCUT2D eigenvalue weighted by atomic mass is 9.92. The monoisotopic (exact) mass is 509 g/mol. The molecule has 0 aromatic rings. The van der Waals surface area contributed by atoms with Crippen LogP contribution in [0.15, 0.2) is 23.3 Å². The van der Waals surface area contributed by atoms with Gasteiger partial charge in [0.2, 0.25) is 5.91 Å². The summed E-state index contributed by atoms with van der Waals surface area (Å²) < 4.78 is 12.3. The average molecular weight is 509 g/mol. The van der Waals surface area contributed by atoms with Gasteiger partial charge in [-0.15, -0.1) is 11.8 Å². The molecule has 2 aliphatic heterocycles. The first-order chi connectivity index (χ1) is 12.0. The summed E-state index contributed by atoms with van der Waals surface area (Å²) in [6, 6.07) is 0. The Morgan fingerprint density at radius 3 is 2.58 bits per heavy atom. The summed E-state index contributed by atoms with van der Waals surface area (Å²) in [6.07, 6.45) is 1.36. The van der Waals surface area contributed by atoms with Gasteiger partial charge in [-0.2, -0.15) is 0 Å². The predicted octanol–water partition coefficient (Wildman–Crippen LogP) is 4.30. The van der Waals surface area contributed by atoms with E-state index in [-0.39, 0.29) is 34.9 Å². The van der Waals surface area contributed by atoms with Gasteiger partial charge in [-0.3, -0.25) is 9.69 Å². The minimum atomic E-state index is -1.97. The SMILES string of the molecule is C=CCOC(=O)C1=C(CI)SC2[C@@H]([C@@H](C)O[Si](C)(C)C(C)(C)C)C(=O)N12. The maximum Gasteiger partial charge on any atom is 0.356 e. The van der Waals surface area contributed by atoms with Gasteiger partial charge in [0.1, 0.15) is 17.7 Å². The van der Waals surface area contributed by atoms with E-state index in [0.29, 0.717) is 10.1 Å². The molecule has 0 bridgehead atoms. The number of halogens is 1. The Morgan fingerprint density at radius 2 is 2.08 bits per heavy atom. The zero-order valence-electron chi connectivity index (χ0n) is 16.3. The van der Waals surface area contributed by atoms with Crippen LogP contribution in [0, 0.1) is 5.92 Å². The van der Waals surface area contributed by atoms with E-state index in [2.05, 4.69) is 63.0 Å². The highest BCUT2D eigenvalue weighted by atomic mass is 127. The number of carbonyl (C=O) groups is 2. The molecular weight excluding hydrogens is 481 g/mol. The van der Waals surface area contributed by atoms with Gasteiger partial charge in [0.15, 0.2) is 8.32 Å². The molecule has 2 aliphatic rings. The van der Waals surface area contributed by atoms with Crippen molar-refractivity contribution in [2.45, 2.75) is 57.3 Å². The molecule has 0 spiro atoms. The fourth-order valence-electron chi connectivity index (χ4n) is 2.84. The second-order valence-electron chi connectivity index (χ2n) is 8.12. The van der Waals surface area contributed by atoms with Crippen LogP contribution in [0.5, 0.6) is 0 Å². The number of fused-ring (bicyclic) bond motifs is 1. The molecule has 1 unspecified atom stereocenters. The second-order valence-corrected chi connectivity index (χ2v) is 14.8. The molecule has 1 fully saturated rings. The summed E-state index contributed by atoms with van der Waals surface area (Å²) in [5.41, 5.74) is 0.400. The number of esters is 1. The predicted molar refractivity (Wildman–Crippen MR) is 117 cm³/mol. The van der Waals surface area contributed by atoms with Crippen LogP contribution in [0.4, 0.5) is 0 Å². The summed E-state index contributed by atoms with van der Waals surface area (Å²) in [4.78, 5) is 27.7. The first-order valence-electron chi connectivity index (χ1n) is 8.71. The molecule has 26 heavy (non-hydrogen) atoms. The van der Waals surface area contributed by atoms with Crippen LogP contribution in [-0.2, 0) is 18.8 Å². The average Bonchev–Trinajstić information content (AvgIpc) is 2.85. The minimum Gasteiger partial charge on any atom is -0.457 e. The zero-order chi connectivity index (χ0) is 19.9. The van der Waals surface area contributed by atoms with Gasteiger partial charge in [-0.25, -0.2) is 4.79 Å². The van der Waals surface area contributed by atoms with E-state index in [4.69, 9.17) is 9.16 Å². The number of ether oxygens (including phenoxy) is 1. The Morgan fingerprint density at radius 1 is 1.46 bits per heavy atom. The van der Waals surface area contributed by atoms with Crippen LogP contribution in [0.2, 0.25) is 18.1 Å². The van der Waals surface area contributed by atoms with Crippen molar-refractivity contribution < 1.29 is 18.8 Å². The Bertz CT molecular complexity index is 644. The van der Waals surface area contributed by atoms with Crippen LogP contribution >= 0.6 is 34.4 Å². The van der Waals surface area contributed by atoms with Crippen LogP contribution < -0.4 is 0 Å². The second kappa shape index (κ2) is 7.96. The molecule has 3 atom stereocenters. The lowest BCUT2D eigenvalue weighted by molar-refractivity contribution is -0.157. The number of nitrogens with zero attached hydrogens (tertiary/aromatic N) is 1. The zero-order valence-corrected chi connectivity index (χ0v) is 20.3. The maximum atomic E-state index is 12.9. The maximum absolute atomic E-state index is 12.9. The molecule has 0 radical (unpaired) electrons. The van der Waals surface area contributed by atoms with Crippen molar-refractivity contribution in [1.29, 1.82) is 0 Å². The van der Waals surface area contributed by atoms with Gasteiger partial charge in [-0.05, 0) is 25.1 Å². The van der Waals surface area contributed by atoms with E-state index in [1.807, 2.05) is 6.92 Å². The summed E-state index contributed by atoms with van der Waals surface area (Å²) in [5.74, 6) is -0.716. The molecule has 0 N–H and O–H groups in total. The molecule has 146 valence electrons. The fraction of sp³-hybridized carbons (Fsp3) is 0.667. The normalized spacial score (nSPS) is 24.3. The molecule has 0 saturated carbocycles. The Hall–Kier alpha value is -0.323. The number of rotatable bonds is 7.